The lowest BCUT2D eigenvalue weighted by Gasteiger charge is -2.04. The van der Waals surface area contributed by atoms with Crippen LogP contribution < -0.4 is 0 Å². The highest BCUT2D eigenvalue weighted by atomic mass is 16.6. The fourth-order valence-corrected chi connectivity index (χ4v) is 4.09. The van der Waals surface area contributed by atoms with E-state index in [4.69, 9.17) is 0 Å². The molecule has 0 saturated carbocycles. The Balaban J connectivity index is 1.73. The van der Waals surface area contributed by atoms with Crippen molar-refractivity contribution >= 4 is 11.9 Å². The van der Waals surface area contributed by atoms with Gasteiger partial charge in [0.1, 0.15) is 0 Å². The highest BCUT2D eigenvalue weighted by molar-refractivity contribution is 5.94. The average Bonchev–Trinajstić information content (AvgIpc) is 3.03. The maximum atomic E-state index is 11.4. The van der Waals surface area contributed by atoms with Gasteiger partial charge in [-0.15, -0.1) is 0 Å². The molecule has 0 N–H and O–H groups in total. The van der Waals surface area contributed by atoms with E-state index in [9.17, 15) is 9.59 Å². The van der Waals surface area contributed by atoms with Gasteiger partial charge in [0.05, 0.1) is 12.3 Å². The Kier molecular flexibility index (Phi) is 16.9. The topological polar surface area (TPSA) is 43.4 Å². The first-order valence-electron chi connectivity index (χ1n) is 12.6. The van der Waals surface area contributed by atoms with Gasteiger partial charge in [-0.2, -0.15) is 0 Å². The molecule has 1 rings (SSSR count). The Morgan fingerprint density at radius 3 is 1.59 bits per heavy atom. The number of rotatable bonds is 20. The molecule has 3 heteroatoms. The van der Waals surface area contributed by atoms with Gasteiger partial charge in [-0.05, 0) is 32.1 Å². The molecule has 0 aromatic carbocycles. The minimum atomic E-state index is -0.347. The molecular formula is C26H46O3. The van der Waals surface area contributed by atoms with Gasteiger partial charge in [-0.25, -0.2) is 0 Å². The molecule has 1 unspecified atom stereocenters. The minimum absolute atomic E-state index is 0.166. The number of allylic oxidation sites excluding steroid dienone is 2. The Morgan fingerprint density at radius 1 is 0.690 bits per heavy atom. The molecule has 1 atom stereocenters. The smallest absolute Gasteiger partial charge is 0.317 e. The lowest BCUT2D eigenvalue weighted by atomic mass is 9.99. The van der Waals surface area contributed by atoms with Crippen LogP contribution in [0.15, 0.2) is 12.2 Å². The highest BCUT2D eigenvalue weighted by Crippen LogP contribution is 2.22. The second-order valence-corrected chi connectivity index (χ2v) is 8.83. The first kappa shape index (κ1) is 25.9. The number of cyclic esters (lactones) is 2. The van der Waals surface area contributed by atoms with Crippen LogP contribution in [-0.4, -0.2) is 11.9 Å². The summed E-state index contributed by atoms with van der Waals surface area (Å²) < 4.78 is 4.58. The fraction of sp³-hybridized carbons (Fsp3) is 0.846. The van der Waals surface area contributed by atoms with Crippen LogP contribution in [0.1, 0.15) is 135 Å². The molecule has 0 aliphatic carbocycles. The highest BCUT2D eigenvalue weighted by Gasteiger charge is 2.32. The molecule has 29 heavy (non-hydrogen) atoms. The second-order valence-electron chi connectivity index (χ2n) is 8.83. The molecule has 1 saturated heterocycles. The summed E-state index contributed by atoms with van der Waals surface area (Å²) in [5, 5.41) is 0. The quantitative estimate of drug-likeness (QED) is 0.0888. The van der Waals surface area contributed by atoms with Crippen molar-refractivity contribution in [2.45, 2.75) is 135 Å². The monoisotopic (exact) mass is 406 g/mol. The van der Waals surface area contributed by atoms with Crippen LogP contribution in [-0.2, 0) is 14.3 Å². The molecule has 0 spiro atoms. The van der Waals surface area contributed by atoms with E-state index in [2.05, 4.69) is 23.8 Å². The van der Waals surface area contributed by atoms with Gasteiger partial charge in [-0.1, -0.05) is 109 Å². The normalized spacial score (nSPS) is 16.8. The van der Waals surface area contributed by atoms with Crippen molar-refractivity contribution in [1.82, 2.24) is 0 Å². The van der Waals surface area contributed by atoms with E-state index in [1.54, 1.807) is 0 Å². The Morgan fingerprint density at radius 2 is 1.14 bits per heavy atom. The Hall–Kier alpha value is -1.12. The predicted molar refractivity (Wildman–Crippen MR) is 122 cm³/mol. The molecule has 0 radical (unpaired) electrons. The van der Waals surface area contributed by atoms with Crippen LogP contribution >= 0.6 is 0 Å². The summed E-state index contributed by atoms with van der Waals surface area (Å²) >= 11 is 0. The van der Waals surface area contributed by atoms with Crippen molar-refractivity contribution in [3.63, 3.8) is 0 Å². The summed E-state index contributed by atoms with van der Waals surface area (Å²) in [4.78, 5) is 22.4. The third kappa shape index (κ3) is 15.4. The molecule has 3 nitrogen and oxygen atoms in total. The first-order chi connectivity index (χ1) is 14.2. The zero-order valence-electron chi connectivity index (χ0n) is 19.1. The number of ether oxygens (including phenoxy) is 1. The second kappa shape index (κ2) is 18.9. The lowest BCUT2D eigenvalue weighted by molar-refractivity contribution is -0.153. The molecule has 0 aromatic heterocycles. The summed E-state index contributed by atoms with van der Waals surface area (Å²) in [6.07, 6.45) is 29.7. The number of carbonyl (C=O) groups excluding carboxylic acids is 2. The van der Waals surface area contributed by atoms with E-state index >= 15 is 0 Å². The van der Waals surface area contributed by atoms with Crippen molar-refractivity contribution in [2.75, 3.05) is 0 Å². The largest absolute Gasteiger partial charge is 0.393 e. The molecule has 1 aliphatic heterocycles. The van der Waals surface area contributed by atoms with Crippen LogP contribution in [0.4, 0.5) is 0 Å². The van der Waals surface area contributed by atoms with E-state index in [0.29, 0.717) is 6.42 Å². The number of hydrogen-bond donors (Lipinski definition) is 0. The van der Waals surface area contributed by atoms with Crippen LogP contribution in [0.2, 0.25) is 0 Å². The first-order valence-corrected chi connectivity index (χ1v) is 12.6. The zero-order chi connectivity index (χ0) is 21.0. The molecule has 1 heterocycles. The molecule has 1 aliphatic rings. The lowest BCUT2D eigenvalue weighted by Crippen LogP contribution is -2.06. The van der Waals surface area contributed by atoms with Gasteiger partial charge in [0.15, 0.2) is 0 Å². The van der Waals surface area contributed by atoms with Gasteiger partial charge >= 0.3 is 11.9 Å². The number of esters is 2. The summed E-state index contributed by atoms with van der Waals surface area (Å²) in [7, 11) is 0. The standard InChI is InChI=1S/C26H46O3/c1-2-3-4-5-6-7-8-9-10-11-12-13-14-15-16-17-18-19-20-21-22-24-23-25(27)29-26(24)28/h14-15,24H,2-13,16-23H2,1H3/b15-14+. The zero-order valence-corrected chi connectivity index (χ0v) is 19.1. The van der Waals surface area contributed by atoms with Crippen molar-refractivity contribution < 1.29 is 14.3 Å². The van der Waals surface area contributed by atoms with E-state index in [1.165, 1.54) is 103 Å². The van der Waals surface area contributed by atoms with Crippen LogP contribution in [0.5, 0.6) is 0 Å². The van der Waals surface area contributed by atoms with Gasteiger partial charge < -0.3 is 4.74 Å². The minimum Gasteiger partial charge on any atom is -0.393 e. The summed E-state index contributed by atoms with van der Waals surface area (Å²) in [6.45, 7) is 2.28. The molecule has 0 aromatic rings. The van der Waals surface area contributed by atoms with Crippen molar-refractivity contribution in [2.24, 2.45) is 5.92 Å². The van der Waals surface area contributed by atoms with E-state index in [1.807, 2.05) is 0 Å². The van der Waals surface area contributed by atoms with E-state index < -0.39 is 0 Å². The Labute approximate surface area is 180 Å². The molecule has 0 bridgehead atoms. The third-order valence-corrected chi connectivity index (χ3v) is 6.03. The van der Waals surface area contributed by atoms with Gasteiger partial charge in [0, 0.05) is 0 Å². The molecular weight excluding hydrogens is 360 g/mol. The van der Waals surface area contributed by atoms with Crippen LogP contribution in [0.25, 0.3) is 0 Å². The van der Waals surface area contributed by atoms with Gasteiger partial charge in [0.25, 0.3) is 0 Å². The van der Waals surface area contributed by atoms with Gasteiger partial charge in [0.2, 0.25) is 0 Å². The maximum Gasteiger partial charge on any atom is 0.317 e. The van der Waals surface area contributed by atoms with Crippen molar-refractivity contribution in [3.8, 4) is 0 Å². The summed E-state index contributed by atoms with van der Waals surface area (Å²) in [5.74, 6) is -0.820. The van der Waals surface area contributed by atoms with Crippen LogP contribution in [0, 0.1) is 5.92 Å². The molecule has 0 amide bonds. The maximum absolute atomic E-state index is 11.4. The molecule has 168 valence electrons. The predicted octanol–water partition coefficient (Wildman–Crippen LogP) is 8.06. The van der Waals surface area contributed by atoms with E-state index in [0.717, 1.165) is 19.3 Å². The van der Waals surface area contributed by atoms with Crippen molar-refractivity contribution in [1.29, 1.82) is 0 Å². The summed E-state index contributed by atoms with van der Waals surface area (Å²) in [5.41, 5.74) is 0. The Bertz CT molecular complexity index is 441. The molecule has 1 fully saturated rings. The number of unbranched alkanes of at least 4 members (excludes halogenated alkanes) is 16. The number of hydrogen-bond acceptors (Lipinski definition) is 3. The third-order valence-electron chi connectivity index (χ3n) is 6.03. The number of carbonyl (C=O) groups is 2. The SMILES string of the molecule is CCCCCCCCCCCCC/C=C/CCCCCCCC1CC(=O)OC1=O. The van der Waals surface area contributed by atoms with E-state index in [-0.39, 0.29) is 17.9 Å². The van der Waals surface area contributed by atoms with Crippen molar-refractivity contribution in [3.05, 3.63) is 12.2 Å². The van der Waals surface area contributed by atoms with Gasteiger partial charge in [-0.3, -0.25) is 9.59 Å². The average molecular weight is 407 g/mol. The summed E-state index contributed by atoms with van der Waals surface area (Å²) in [6, 6.07) is 0. The fourth-order valence-electron chi connectivity index (χ4n) is 4.09. The van der Waals surface area contributed by atoms with Crippen LogP contribution in [0.3, 0.4) is 0 Å².